The van der Waals surface area contributed by atoms with Gasteiger partial charge in [-0.1, -0.05) is 11.6 Å². The second-order valence-corrected chi connectivity index (χ2v) is 4.10. The van der Waals surface area contributed by atoms with Crippen LogP contribution in [0.25, 0.3) is 0 Å². The Kier molecular flexibility index (Phi) is 4.35. The zero-order chi connectivity index (χ0) is 11.4. The van der Waals surface area contributed by atoms with E-state index in [1.165, 1.54) is 7.11 Å². The van der Waals surface area contributed by atoms with Gasteiger partial charge in [0.2, 0.25) is 0 Å². The Morgan fingerprint density at radius 2 is 2.40 bits per heavy atom. The first kappa shape index (κ1) is 12.3. The third-order valence-electron chi connectivity index (χ3n) is 1.73. The fourth-order valence-electron chi connectivity index (χ4n) is 0.986. The van der Waals surface area contributed by atoms with Crippen LogP contribution in [0.3, 0.4) is 0 Å². The fraction of sp³-hybridized carbons (Fsp3) is 0.333. The lowest BCUT2D eigenvalue weighted by Crippen LogP contribution is -2.27. The number of anilines is 1. The number of esters is 1. The molecule has 1 aromatic rings. The topological polar surface area (TPSA) is 51.2 Å². The first-order valence-corrected chi connectivity index (χ1v) is 5.37. The van der Waals surface area contributed by atoms with E-state index in [9.17, 15) is 4.79 Å². The number of methoxy groups -OCH3 is 1. The van der Waals surface area contributed by atoms with E-state index in [2.05, 4.69) is 31.0 Å². The number of rotatable bonds is 3. The van der Waals surface area contributed by atoms with Crippen LogP contribution in [-0.2, 0) is 9.53 Å². The average Bonchev–Trinajstić information content (AvgIpc) is 2.22. The number of aromatic nitrogens is 1. The lowest BCUT2D eigenvalue weighted by Gasteiger charge is -2.12. The third kappa shape index (κ3) is 3.35. The molecule has 1 N–H and O–H groups in total. The quantitative estimate of drug-likeness (QED) is 0.687. The molecule has 0 aromatic carbocycles. The van der Waals surface area contributed by atoms with E-state index in [0.29, 0.717) is 15.3 Å². The number of nitrogens with one attached hydrogen (secondary N) is 1. The third-order valence-corrected chi connectivity index (χ3v) is 2.87. The maximum absolute atomic E-state index is 11.1. The number of carbonyl (C=O) groups excluding carboxylic acids is 1. The van der Waals surface area contributed by atoms with Crippen LogP contribution in [0.1, 0.15) is 6.92 Å². The molecule has 0 bridgehead atoms. The van der Waals surface area contributed by atoms with Gasteiger partial charge in [-0.3, -0.25) is 0 Å². The lowest BCUT2D eigenvalue weighted by molar-refractivity contribution is -0.141. The van der Waals surface area contributed by atoms with Crippen LogP contribution < -0.4 is 5.32 Å². The molecule has 0 saturated heterocycles. The first-order chi connectivity index (χ1) is 7.04. The van der Waals surface area contributed by atoms with Gasteiger partial charge < -0.3 is 10.1 Å². The Bertz CT molecular complexity index is 373. The monoisotopic (exact) mass is 292 g/mol. The van der Waals surface area contributed by atoms with Gasteiger partial charge in [-0.2, -0.15) is 0 Å². The minimum absolute atomic E-state index is 0.332. The molecular formula is C9H10BrClN2O2. The summed E-state index contributed by atoms with van der Waals surface area (Å²) in [7, 11) is 1.34. The largest absolute Gasteiger partial charge is 0.467 e. The van der Waals surface area contributed by atoms with Crippen molar-refractivity contribution in [2.75, 3.05) is 12.4 Å². The van der Waals surface area contributed by atoms with Gasteiger partial charge in [0.05, 0.1) is 23.5 Å². The Labute approximate surface area is 101 Å². The smallest absolute Gasteiger partial charge is 0.327 e. The molecule has 6 heteroatoms. The second-order valence-electron chi connectivity index (χ2n) is 2.89. The normalized spacial score (nSPS) is 12.0. The zero-order valence-corrected chi connectivity index (χ0v) is 10.6. The number of nitrogens with zero attached hydrogens (tertiary/aromatic N) is 1. The highest BCUT2D eigenvalue weighted by molar-refractivity contribution is 9.10. The molecule has 0 saturated carbocycles. The zero-order valence-electron chi connectivity index (χ0n) is 8.25. The molecule has 1 aromatic heterocycles. The van der Waals surface area contributed by atoms with Crippen molar-refractivity contribution in [3.8, 4) is 0 Å². The molecule has 15 heavy (non-hydrogen) atoms. The maximum Gasteiger partial charge on any atom is 0.327 e. The Balaban J connectivity index is 2.73. The van der Waals surface area contributed by atoms with Crippen LogP contribution in [0, 0.1) is 0 Å². The van der Waals surface area contributed by atoms with Gasteiger partial charge >= 0.3 is 5.97 Å². The van der Waals surface area contributed by atoms with Gasteiger partial charge in [0.25, 0.3) is 0 Å². The van der Waals surface area contributed by atoms with E-state index in [1.807, 2.05) is 0 Å². The molecule has 0 aliphatic heterocycles. The van der Waals surface area contributed by atoms with Gasteiger partial charge in [0, 0.05) is 0 Å². The summed E-state index contributed by atoms with van der Waals surface area (Å²) in [5.74, 6) is -0.332. The van der Waals surface area contributed by atoms with Crippen molar-refractivity contribution in [2.24, 2.45) is 0 Å². The molecule has 1 rings (SSSR count). The Morgan fingerprint density at radius 1 is 1.73 bits per heavy atom. The van der Waals surface area contributed by atoms with Crippen molar-refractivity contribution in [3.05, 3.63) is 21.9 Å². The van der Waals surface area contributed by atoms with E-state index in [0.717, 1.165) is 0 Å². The van der Waals surface area contributed by atoms with E-state index < -0.39 is 6.04 Å². The highest BCUT2D eigenvalue weighted by Crippen LogP contribution is 2.23. The predicted octanol–water partition coefficient (Wildman–Crippen LogP) is 2.47. The summed E-state index contributed by atoms with van der Waals surface area (Å²) >= 11 is 8.97. The van der Waals surface area contributed by atoms with Crippen molar-refractivity contribution in [2.45, 2.75) is 13.0 Å². The van der Waals surface area contributed by atoms with E-state index in [-0.39, 0.29) is 5.97 Å². The molecule has 0 spiro atoms. The lowest BCUT2D eigenvalue weighted by atomic mass is 10.3. The van der Waals surface area contributed by atoms with Gasteiger partial charge in [0.1, 0.15) is 11.2 Å². The predicted molar refractivity (Wildman–Crippen MR) is 62.0 cm³/mol. The molecule has 1 atom stereocenters. The summed E-state index contributed by atoms with van der Waals surface area (Å²) in [5.41, 5.74) is 0.698. The van der Waals surface area contributed by atoms with Crippen LogP contribution in [0.4, 0.5) is 5.69 Å². The standard InChI is InChI=1S/C9H10BrClN2O2/c1-5(9(14)15-2)13-6-3-7(10)8(11)12-4-6/h3-5,13H,1-2H3. The first-order valence-electron chi connectivity index (χ1n) is 4.20. The summed E-state index contributed by atoms with van der Waals surface area (Å²) in [4.78, 5) is 15.0. The van der Waals surface area contributed by atoms with Crippen LogP contribution in [0.2, 0.25) is 5.15 Å². The molecule has 0 aliphatic carbocycles. The van der Waals surface area contributed by atoms with Gasteiger partial charge in [0.15, 0.2) is 0 Å². The molecule has 0 aliphatic rings. The Hall–Kier alpha value is -0.810. The highest BCUT2D eigenvalue weighted by atomic mass is 79.9. The molecule has 4 nitrogen and oxygen atoms in total. The van der Waals surface area contributed by atoms with Crippen LogP contribution in [0.5, 0.6) is 0 Å². The summed E-state index contributed by atoms with van der Waals surface area (Å²) < 4.78 is 5.25. The van der Waals surface area contributed by atoms with Gasteiger partial charge in [-0.25, -0.2) is 9.78 Å². The van der Waals surface area contributed by atoms with Crippen molar-refractivity contribution in [1.82, 2.24) is 4.98 Å². The van der Waals surface area contributed by atoms with Crippen LogP contribution >= 0.6 is 27.5 Å². The number of halogens is 2. The number of carbonyl (C=O) groups is 1. The van der Waals surface area contributed by atoms with Crippen molar-refractivity contribution < 1.29 is 9.53 Å². The molecule has 1 heterocycles. The Morgan fingerprint density at radius 3 is 2.93 bits per heavy atom. The van der Waals surface area contributed by atoms with Crippen LogP contribution in [0.15, 0.2) is 16.7 Å². The van der Waals surface area contributed by atoms with E-state index in [4.69, 9.17) is 11.6 Å². The van der Waals surface area contributed by atoms with Crippen molar-refractivity contribution >= 4 is 39.2 Å². The maximum atomic E-state index is 11.1. The molecule has 1 unspecified atom stereocenters. The number of ether oxygens (including phenoxy) is 1. The highest BCUT2D eigenvalue weighted by Gasteiger charge is 2.12. The van der Waals surface area contributed by atoms with Gasteiger partial charge in [-0.05, 0) is 28.9 Å². The number of pyridine rings is 1. The minimum atomic E-state index is -0.426. The van der Waals surface area contributed by atoms with E-state index in [1.54, 1.807) is 19.2 Å². The van der Waals surface area contributed by atoms with Crippen LogP contribution in [-0.4, -0.2) is 24.1 Å². The van der Waals surface area contributed by atoms with Gasteiger partial charge in [-0.15, -0.1) is 0 Å². The van der Waals surface area contributed by atoms with E-state index >= 15 is 0 Å². The minimum Gasteiger partial charge on any atom is -0.467 e. The van der Waals surface area contributed by atoms with Crippen molar-refractivity contribution in [3.63, 3.8) is 0 Å². The second kappa shape index (κ2) is 5.32. The number of hydrogen-bond acceptors (Lipinski definition) is 4. The molecule has 0 fully saturated rings. The average molecular weight is 294 g/mol. The SMILES string of the molecule is COC(=O)C(C)Nc1cnc(Cl)c(Br)c1. The molecule has 0 radical (unpaired) electrons. The van der Waals surface area contributed by atoms with Crippen molar-refractivity contribution in [1.29, 1.82) is 0 Å². The fourth-order valence-corrected chi connectivity index (χ4v) is 1.44. The summed E-state index contributed by atoms with van der Waals surface area (Å²) in [6, 6.07) is 1.32. The summed E-state index contributed by atoms with van der Waals surface area (Å²) in [6.07, 6.45) is 1.55. The summed E-state index contributed by atoms with van der Waals surface area (Å²) in [5, 5.41) is 3.32. The molecule has 82 valence electrons. The summed E-state index contributed by atoms with van der Waals surface area (Å²) in [6.45, 7) is 1.70. The molecule has 0 amide bonds. The molecular weight excluding hydrogens is 283 g/mol. The number of hydrogen-bond donors (Lipinski definition) is 1.